The fourth-order valence-electron chi connectivity index (χ4n) is 11.7. The van der Waals surface area contributed by atoms with Gasteiger partial charge in [-0.3, -0.25) is 9.69 Å². The first-order chi connectivity index (χ1) is 36.8. The highest BCUT2D eigenvalue weighted by atomic mass is 32.2. The number of cyclic esters (lactones) is 2. The summed E-state index contributed by atoms with van der Waals surface area (Å²) < 4.78 is 74.4. The maximum atomic E-state index is 14.5. The van der Waals surface area contributed by atoms with Gasteiger partial charge < -0.3 is 73.4 Å². The highest BCUT2D eigenvalue weighted by Gasteiger charge is 2.53. The predicted octanol–water partition coefficient (Wildman–Crippen LogP) is 2.41. The smallest absolute Gasteiger partial charge is 0.414 e. The number of aromatic nitrogens is 3. The van der Waals surface area contributed by atoms with Gasteiger partial charge in [0.25, 0.3) is 10.0 Å². The normalized spacial score (nSPS) is 38.9. The van der Waals surface area contributed by atoms with Crippen molar-refractivity contribution >= 4 is 34.1 Å². The van der Waals surface area contributed by atoms with Crippen LogP contribution in [0.1, 0.15) is 101 Å². The lowest BCUT2D eigenvalue weighted by molar-refractivity contribution is -0.318. The second-order valence-corrected chi connectivity index (χ2v) is 25.3. The molecule has 79 heavy (non-hydrogen) atoms. The van der Waals surface area contributed by atoms with Crippen molar-refractivity contribution in [3.8, 4) is 0 Å². The zero-order valence-electron chi connectivity index (χ0n) is 48.8. The van der Waals surface area contributed by atoms with Crippen LogP contribution in [0, 0.1) is 17.8 Å². The van der Waals surface area contributed by atoms with Gasteiger partial charge in [-0.25, -0.2) is 9.48 Å². The van der Waals surface area contributed by atoms with Gasteiger partial charge in [-0.1, -0.05) is 26.0 Å². The van der Waals surface area contributed by atoms with Gasteiger partial charge in [0, 0.05) is 77.0 Å². The van der Waals surface area contributed by atoms with Crippen molar-refractivity contribution < 1.29 is 76.7 Å². The third kappa shape index (κ3) is 15.2. The molecular formula is C54H90N8O16S. The van der Waals surface area contributed by atoms with Crippen molar-refractivity contribution in [3.63, 3.8) is 0 Å². The molecule has 4 fully saturated rings. The van der Waals surface area contributed by atoms with Crippen LogP contribution in [0.15, 0.2) is 39.8 Å². The number of hydrogen-bond donors (Lipinski definition) is 5. The Hall–Kier alpha value is -3.96. The van der Waals surface area contributed by atoms with Crippen LogP contribution in [0.3, 0.4) is 0 Å². The molecule has 25 heteroatoms. The van der Waals surface area contributed by atoms with Gasteiger partial charge in [-0.15, -0.1) is 9.50 Å². The van der Waals surface area contributed by atoms with E-state index in [-0.39, 0.29) is 43.2 Å². The van der Waals surface area contributed by atoms with Crippen molar-refractivity contribution in [2.75, 3.05) is 59.8 Å². The number of rotatable bonds is 16. The van der Waals surface area contributed by atoms with E-state index in [0.29, 0.717) is 37.3 Å². The molecule has 5 heterocycles. The molecule has 1 aromatic carbocycles. The largest absolute Gasteiger partial charge is 0.459 e. The first-order valence-corrected chi connectivity index (χ1v) is 29.0. The van der Waals surface area contributed by atoms with E-state index < -0.39 is 130 Å². The predicted molar refractivity (Wildman–Crippen MR) is 290 cm³/mol. The minimum absolute atomic E-state index is 0.0184. The molecule has 6 rings (SSSR count). The number of ether oxygens (including phenoxy) is 7. The molecule has 5 N–H and O–H groups in total. The highest BCUT2D eigenvalue weighted by molar-refractivity contribution is 7.90. The van der Waals surface area contributed by atoms with Crippen molar-refractivity contribution in [2.45, 2.75) is 209 Å². The number of hydrogen-bond acceptors (Lipinski definition) is 20. The average molecular weight is 1140 g/mol. The molecule has 0 bridgehead atoms. The third-order valence-corrected chi connectivity index (χ3v) is 17.8. The first-order valence-electron chi connectivity index (χ1n) is 27.5. The Balaban J connectivity index is 1.19. The SMILES string of the molecule is CC[C@H]1OC(=O)[C@H](C)[C@@H](O[C@H]2C[C@@](C)(OC)[C@@H](O)[C@H](C)O2)[C@@H](C)[C@H](O[C@@H]2O[C@H](C)C[C@H](N(C)CCc3cn(C[C@H]4CN(c5ccc(S(=O)(=O)N=CN(C)C)cc5)C(=O)O4)nn3)[C@H]2O)[C@](C)(O)C[C@@H](C)CN(C)[C@H](C)[C@@H](O)[C@]1(C)O. The Morgan fingerprint density at radius 2 is 1.59 bits per heavy atom. The molecule has 0 saturated carbocycles. The van der Waals surface area contributed by atoms with Crippen LogP contribution in [0.4, 0.5) is 10.5 Å². The molecule has 4 saturated heterocycles. The summed E-state index contributed by atoms with van der Waals surface area (Å²) in [4.78, 5) is 34.3. The van der Waals surface area contributed by atoms with Crippen LogP contribution in [0.5, 0.6) is 0 Å². The number of anilines is 1. The second kappa shape index (κ2) is 26.1. The summed E-state index contributed by atoms with van der Waals surface area (Å²) in [6.45, 7) is 18.6. The molecular weight excluding hydrogens is 1050 g/mol. The number of likely N-dealkylation sites (N-methyl/N-ethyl adjacent to an activating group) is 2. The summed E-state index contributed by atoms with van der Waals surface area (Å²) >= 11 is 0. The van der Waals surface area contributed by atoms with Gasteiger partial charge in [0.1, 0.15) is 42.5 Å². The van der Waals surface area contributed by atoms with Crippen LogP contribution in [-0.4, -0.2) is 233 Å². The molecule has 0 radical (unpaired) electrons. The Morgan fingerprint density at radius 1 is 0.924 bits per heavy atom. The fourth-order valence-corrected chi connectivity index (χ4v) is 12.6. The van der Waals surface area contributed by atoms with Crippen LogP contribution >= 0.6 is 0 Å². The summed E-state index contributed by atoms with van der Waals surface area (Å²) in [7, 11) is 4.58. The number of esters is 1. The van der Waals surface area contributed by atoms with Crippen LogP contribution in [0.25, 0.3) is 0 Å². The van der Waals surface area contributed by atoms with Crippen LogP contribution in [-0.2, 0) is 60.9 Å². The van der Waals surface area contributed by atoms with Gasteiger partial charge in [0.2, 0.25) is 0 Å². The quantitative estimate of drug-likeness (QED) is 0.0916. The van der Waals surface area contributed by atoms with E-state index >= 15 is 0 Å². The lowest BCUT2D eigenvalue weighted by atomic mass is 9.77. The molecule has 448 valence electrons. The molecule has 0 aliphatic carbocycles. The van der Waals surface area contributed by atoms with E-state index in [0.717, 1.165) is 0 Å². The van der Waals surface area contributed by atoms with Gasteiger partial charge in [0.05, 0.1) is 65.2 Å². The Labute approximate surface area is 466 Å². The number of sulfonamides is 1. The monoisotopic (exact) mass is 1140 g/mol. The van der Waals surface area contributed by atoms with E-state index in [1.165, 1.54) is 54.4 Å². The number of benzene rings is 1. The van der Waals surface area contributed by atoms with Gasteiger partial charge in [-0.05, 0) is 112 Å². The van der Waals surface area contributed by atoms with E-state index in [9.17, 15) is 43.5 Å². The molecule has 19 atom stereocenters. The fraction of sp³-hybridized carbons (Fsp3) is 0.796. The maximum Gasteiger partial charge on any atom is 0.414 e. The Morgan fingerprint density at radius 3 is 2.23 bits per heavy atom. The van der Waals surface area contributed by atoms with Crippen molar-refractivity contribution in [1.29, 1.82) is 0 Å². The number of aliphatic hydroxyl groups is 5. The van der Waals surface area contributed by atoms with Crippen LogP contribution in [0.2, 0.25) is 0 Å². The number of methoxy groups -OCH3 is 1. The van der Waals surface area contributed by atoms with Crippen molar-refractivity contribution in [3.05, 3.63) is 36.2 Å². The van der Waals surface area contributed by atoms with Gasteiger partial charge >= 0.3 is 12.1 Å². The maximum absolute atomic E-state index is 14.5. The molecule has 4 aliphatic rings. The number of carbonyl (C=O) groups excluding carboxylic acids is 2. The van der Waals surface area contributed by atoms with Gasteiger partial charge in [0.15, 0.2) is 12.6 Å². The summed E-state index contributed by atoms with van der Waals surface area (Å²) in [5, 5.41) is 68.5. The molecule has 4 aliphatic heterocycles. The topological polar surface area (TPSA) is 290 Å². The molecule has 1 aromatic heterocycles. The number of aliphatic hydroxyl groups excluding tert-OH is 3. The van der Waals surface area contributed by atoms with E-state index in [4.69, 9.17) is 33.2 Å². The minimum Gasteiger partial charge on any atom is -0.459 e. The Kier molecular flexibility index (Phi) is 21.2. The zero-order valence-corrected chi connectivity index (χ0v) is 49.6. The summed E-state index contributed by atoms with van der Waals surface area (Å²) in [6.07, 6.45) is -7.34. The Bertz CT molecular complexity index is 2470. The standard InChI is InChI=1S/C54H90N8O16S/c1-16-42-54(10,69)46(64)35(6)60(14)26-31(2)24-52(8,68)48(33(4)45(34(5)49(66)76-42)77-43-25-53(9,72-15)47(65)36(7)74-43)78-50-44(63)41(23-32(3)73-50)59(13)22-21-37-27-61(57-56-37)28-39-29-62(51(67)75-39)38-17-19-40(20-18-38)79(70,71)55-30-58(11)12/h17-20,27,30-36,39,41-48,50,63-65,68-69H,16,21-26,28-29H2,1-15H3/t31-,32-,33-,34-,35-,36+,39+,41+,42-,43+,44-,45+,46-,47+,48+,50+,52-,53-,54-/m1/s1. The average Bonchev–Trinajstić information content (AvgIpc) is 4.01. The summed E-state index contributed by atoms with van der Waals surface area (Å²) in [5.41, 5.74) is -3.51. The molecule has 0 unspecified atom stereocenters. The lowest BCUT2D eigenvalue weighted by Gasteiger charge is -2.49. The van der Waals surface area contributed by atoms with E-state index in [1.807, 2.05) is 37.7 Å². The summed E-state index contributed by atoms with van der Waals surface area (Å²) in [6, 6.07) is 4.73. The van der Waals surface area contributed by atoms with Crippen molar-refractivity contribution in [2.24, 2.45) is 22.2 Å². The summed E-state index contributed by atoms with van der Waals surface area (Å²) in [5.74, 6) is -2.91. The number of carbonyl (C=O) groups is 2. The lowest BCUT2D eigenvalue weighted by Crippen LogP contribution is -2.61. The van der Waals surface area contributed by atoms with E-state index in [1.54, 1.807) is 73.4 Å². The zero-order chi connectivity index (χ0) is 58.7. The van der Waals surface area contributed by atoms with Gasteiger partial charge in [-0.2, -0.15) is 8.42 Å². The second-order valence-electron chi connectivity index (χ2n) is 23.6. The molecule has 2 aromatic rings. The highest BCUT2D eigenvalue weighted by Crippen LogP contribution is 2.40. The van der Waals surface area contributed by atoms with Crippen LogP contribution < -0.4 is 4.90 Å². The minimum atomic E-state index is -3.93. The number of nitrogens with zero attached hydrogens (tertiary/aromatic N) is 8. The first kappa shape index (κ1) is 64.2. The molecule has 24 nitrogen and oxygen atoms in total. The molecule has 0 spiro atoms. The molecule has 1 amide bonds. The van der Waals surface area contributed by atoms with Crippen molar-refractivity contribution in [1.82, 2.24) is 29.7 Å². The van der Waals surface area contributed by atoms with E-state index in [2.05, 4.69) is 14.7 Å². The third-order valence-electron chi connectivity index (χ3n) is 16.5. The number of amides is 1.